The number of rotatable bonds is 6. The van der Waals surface area contributed by atoms with Crippen LogP contribution in [0.25, 0.3) is 0 Å². The maximum atomic E-state index is 15.0. The van der Waals surface area contributed by atoms with Gasteiger partial charge in [-0.25, -0.2) is 4.57 Å². The van der Waals surface area contributed by atoms with Crippen LogP contribution in [0.1, 0.15) is 27.0 Å². The molecule has 1 heterocycles. The van der Waals surface area contributed by atoms with Crippen LogP contribution in [0, 0.1) is 6.92 Å². The van der Waals surface area contributed by atoms with E-state index in [0.29, 0.717) is 28.2 Å². The van der Waals surface area contributed by atoms with Gasteiger partial charge in [0.15, 0.2) is 0 Å². The number of nitrogens with one attached hydrogen (secondary N) is 1. The number of amides is 1. The van der Waals surface area contributed by atoms with Crippen molar-refractivity contribution in [2.45, 2.75) is 12.2 Å². The zero-order chi connectivity index (χ0) is 22.9. The first-order valence-electron chi connectivity index (χ1n) is 10.6. The molecule has 0 bridgehead atoms. The highest BCUT2D eigenvalue weighted by molar-refractivity contribution is 7.56. The molecule has 5 nitrogen and oxygen atoms in total. The third kappa shape index (κ3) is 3.61. The van der Waals surface area contributed by atoms with E-state index in [0.717, 1.165) is 5.56 Å². The van der Waals surface area contributed by atoms with Crippen molar-refractivity contribution in [1.29, 1.82) is 0 Å². The molecule has 1 amide bonds. The normalized spacial score (nSPS) is 17.2. The Balaban J connectivity index is 1.78. The van der Waals surface area contributed by atoms with Crippen LogP contribution in [-0.4, -0.2) is 5.91 Å². The van der Waals surface area contributed by atoms with Gasteiger partial charge in [0.05, 0.1) is 0 Å². The summed E-state index contributed by atoms with van der Waals surface area (Å²) < 4.78 is 27.4. The molecule has 0 aromatic heterocycles. The molecule has 4 aromatic rings. The molecule has 0 aliphatic carbocycles. The Labute approximate surface area is 192 Å². The van der Waals surface area contributed by atoms with Crippen molar-refractivity contribution >= 4 is 13.5 Å². The summed E-state index contributed by atoms with van der Waals surface area (Å²) in [5.41, 5.74) is 2.64. The topological polar surface area (TPSA) is 64.6 Å². The van der Waals surface area contributed by atoms with Gasteiger partial charge in [0.2, 0.25) is 5.28 Å². The van der Waals surface area contributed by atoms with Gasteiger partial charge >= 0.3 is 7.60 Å². The molecule has 0 saturated heterocycles. The van der Waals surface area contributed by atoms with E-state index in [1.807, 2.05) is 49.4 Å². The van der Waals surface area contributed by atoms with Crippen LogP contribution < -0.4 is 14.4 Å². The molecule has 0 unspecified atom stereocenters. The van der Waals surface area contributed by atoms with Crippen LogP contribution in [0.15, 0.2) is 109 Å². The first-order chi connectivity index (χ1) is 16.0. The quantitative estimate of drug-likeness (QED) is 0.347. The molecule has 0 fully saturated rings. The van der Waals surface area contributed by atoms with Gasteiger partial charge in [0.25, 0.3) is 5.91 Å². The smallest absolute Gasteiger partial charge is 0.414 e. The largest absolute Gasteiger partial charge is 0.465 e. The second kappa shape index (κ2) is 8.27. The molecule has 5 rings (SSSR count). The van der Waals surface area contributed by atoms with Gasteiger partial charge in [-0.2, -0.15) is 0 Å². The van der Waals surface area contributed by atoms with Crippen LogP contribution in [0.2, 0.25) is 0 Å². The maximum Gasteiger partial charge on any atom is 0.465 e. The second-order valence-electron chi connectivity index (χ2n) is 7.88. The average molecular weight is 455 g/mol. The van der Waals surface area contributed by atoms with Crippen LogP contribution in [0.5, 0.6) is 11.5 Å². The van der Waals surface area contributed by atoms with Crippen molar-refractivity contribution in [3.05, 3.63) is 131 Å². The highest BCUT2D eigenvalue weighted by atomic mass is 31.2. The van der Waals surface area contributed by atoms with Gasteiger partial charge in [-0.15, -0.1) is 0 Å². The fourth-order valence-corrected chi connectivity index (χ4v) is 6.39. The van der Waals surface area contributed by atoms with Gasteiger partial charge < -0.3 is 14.4 Å². The Morgan fingerprint density at radius 3 is 1.79 bits per heavy atom. The van der Waals surface area contributed by atoms with Crippen molar-refractivity contribution in [1.82, 2.24) is 5.32 Å². The molecule has 0 spiro atoms. The van der Waals surface area contributed by atoms with Crippen molar-refractivity contribution in [3.63, 3.8) is 0 Å². The summed E-state index contributed by atoms with van der Waals surface area (Å²) in [5, 5.41) is 1.46. The number of carbonyl (C=O) groups is 1. The predicted octanol–water partition coefficient (Wildman–Crippen LogP) is 6.29. The van der Waals surface area contributed by atoms with E-state index in [1.54, 1.807) is 66.7 Å². The highest BCUT2D eigenvalue weighted by Gasteiger charge is 2.62. The van der Waals surface area contributed by atoms with Crippen LogP contribution >= 0.6 is 7.60 Å². The van der Waals surface area contributed by atoms with Crippen molar-refractivity contribution in [2.75, 3.05) is 0 Å². The van der Waals surface area contributed by atoms with E-state index in [-0.39, 0.29) is 5.91 Å². The van der Waals surface area contributed by atoms with E-state index in [9.17, 15) is 4.79 Å². The van der Waals surface area contributed by atoms with E-state index < -0.39 is 12.9 Å². The second-order valence-corrected chi connectivity index (χ2v) is 9.91. The molecule has 0 radical (unpaired) electrons. The number of hydrogen-bond acceptors (Lipinski definition) is 4. The van der Waals surface area contributed by atoms with Crippen LogP contribution in [-0.2, 0) is 9.85 Å². The summed E-state index contributed by atoms with van der Waals surface area (Å²) >= 11 is 0. The third-order valence-electron chi connectivity index (χ3n) is 5.67. The van der Waals surface area contributed by atoms with Gasteiger partial charge in [-0.05, 0) is 42.8 Å². The number of carbonyl (C=O) groups excluding carboxylic acids is 1. The van der Waals surface area contributed by atoms with Crippen LogP contribution in [0.4, 0.5) is 0 Å². The molecule has 1 N–H and O–H groups in total. The lowest BCUT2D eigenvalue weighted by Crippen LogP contribution is -2.43. The lowest BCUT2D eigenvalue weighted by Gasteiger charge is -2.36. The molecule has 33 heavy (non-hydrogen) atoms. The molecule has 6 heteroatoms. The minimum Gasteiger partial charge on any atom is -0.414 e. The summed E-state index contributed by atoms with van der Waals surface area (Å²) in [6.07, 6.45) is 0. The number of para-hydroxylation sites is 2. The molecule has 1 aliphatic heterocycles. The predicted molar refractivity (Wildman–Crippen MR) is 128 cm³/mol. The van der Waals surface area contributed by atoms with Gasteiger partial charge in [-0.1, -0.05) is 84.4 Å². The van der Waals surface area contributed by atoms with Crippen LogP contribution in [0.3, 0.4) is 0 Å². The summed E-state index contributed by atoms with van der Waals surface area (Å²) in [6, 6.07) is 32.4. The zero-order valence-corrected chi connectivity index (χ0v) is 18.9. The SMILES string of the molecule is Cc1ccc([C@]2(P(=O)(Oc3ccccc3)Oc3ccccc3)NC(=O)c3ccccc32)cc1. The first-order valence-corrected chi connectivity index (χ1v) is 12.1. The maximum absolute atomic E-state index is 15.0. The first kappa shape index (κ1) is 21.0. The van der Waals surface area contributed by atoms with E-state index in [1.165, 1.54) is 0 Å². The molecule has 164 valence electrons. The average Bonchev–Trinajstić information content (AvgIpc) is 3.15. The Hall–Kier alpha value is -3.82. The number of aryl methyl sites for hydroxylation is 1. The van der Waals surface area contributed by atoms with E-state index in [2.05, 4.69) is 5.32 Å². The van der Waals surface area contributed by atoms with Crippen molar-refractivity contribution < 1.29 is 18.4 Å². The Bertz CT molecular complexity index is 1290. The molecule has 4 aromatic carbocycles. The lowest BCUT2D eigenvalue weighted by atomic mass is 9.97. The zero-order valence-electron chi connectivity index (χ0n) is 18.0. The minimum atomic E-state index is -4.18. The minimum absolute atomic E-state index is 0.334. The Morgan fingerprint density at radius 2 is 1.21 bits per heavy atom. The Morgan fingerprint density at radius 1 is 0.697 bits per heavy atom. The molecular weight excluding hydrogens is 433 g/mol. The number of benzene rings is 4. The Kier molecular flexibility index (Phi) is 5.27. The van der Waals surface area contributed by atoms with E-state index >= 15 is 4.57 Å². The molecule has 1 atom stereocenters. The number of hydrogen-bond donors (Lipinski definition) is 1. The fourth-order valence-electron chi connectivity index (χ4n) is 4.09. The summed E-state index contributed by atoms with van der Waals surface area (Å²) in [4.78, 5) is 13.1. The summed E-state index contributed by atoms with van der Waals surface area (Å²) in [6.45, 7) is 1.97. The van der Waals surface area contributed by atoms with E-state index in [4.69, 9.17) is 9.05 Å². The van der Waals surface area contributed by atoms with Gasteiger partial charge in [0.1, 0.15) is 11.5 Å². The van der Waals surface area contributed by atoms with Gasteiger partial charge in [-0.3, -0.25) is 4.79 Å². The highest BCUT2D eigenvalue weighted by Crippen LogP contribution is 2.67. The summed E-state index contributed by atoms with van der Waals surface area (Å²) in [7, 11) is -4.18. The molecule has 0 saturated carbocycles. The van der Waals surface area contributed by atoms with Crippen molar-refractivity contribution in [3.8, 4) is 11.5 Å². The van der Waals surface area contributed by atoms with Gasteiger partial charge in [0, 0.05) is 11.1 Å². The molecular formula is C27H22NO4P. The monoisotopic (exact) mass is 455 g/mol. The third-order valence-corrected chi connectivity index (χ3v) is 8.01. The fraction of sp³-hybridized carbons (Fsp3) is 0.0741. The molecule has 1 aliphatic rings. The van der Waals surface area contributed by atoms with Crippen molar-refractivity contribution in [2.24, 2.45) is 0 Å². The summed E-state index contributed by atoms with van der Waals surface area (Å²) in [5.74, 6) is 0.420. The standard InChI is InChI=1S/C27H22NO4P/c1-20-16-18-21(19-17-20)27(25-15-9-8-14-24(25)26(29)28-27)33(30,31-22-10-4-2-5-11-22)32-23-12-6-3-7-13-23/h2-19H,1H3,(H,28,29)/t27-/m1/s1. The lowest BCUT2D eigenvalue weighted by molar-refractivity contribution is 0.0949. The number of fused-ring (bicyclic) bond motifs is 1.